The molecule has 30 heavy (non-hydrogen) atoms. The Balaban J connectivity index is 1.64. The van der Waals surface area contributed by atoms with Crippen molar-refractivity contribution in [2.45, 2.75) is 58.6 Å². The largest absolute Gasteiger partial charge is 0.444 e. The summed E-state index contributed by atoms with van der Waals surface area (Å²) < 4.78 is 6.46. The van der Waals surface area contributed by atoms with Crippen molar-refractivity contribution in [2.24, 2.45) is 0 Å². The normalized spacial score (nSPS) is 16.2. The van der Waals surface area contributed by atoms with Crippen LogP contribution in [0.4, 0.5) is 9.80 Å². The van der Waals surface area contributed by atoms with E-state index in [2.05, 4.69) is 15.6 Å². The number of rotatable bonds is 3. The number of carbonyl (C=O) groups excluding carboxylic acids is 2. The van der Waals surface area contributed by atoms with Crippen molar-refractivity contribution in [1.29, 1.82) is 0 Å². The van der Waals surface area contributed by atoms with Crippen molar-refractivity contribution in [3.8, 4) is 10.6 Å². The number of pyridine rings is 1. The first-order valence-corrected chi connectivity index (χ1v) is 11.5. The molecule has 3 aromatic rings. The summed E-state index contributed by atoms with van der Waals surface area (Å²) in [4.78, 5) is 34.1. The Morgan fingerprint density at radius 1 is 1.27 bits per heavy atom. The van der Waals surface area contributed by atoms with Crippen LogP contribution in [0.15, 0.2) is 18.5 Å². The Morgan fingerprint density at radius 2 is 2.07 bits per heavy atom. The van der Waals surface area contributed by atoms with Crippen molar-refractivity contribution in [1.82, 2.24) is 15.3 Å². The van der Waals surface area contributed by atoms with Gasteiger partial charge in [-0.1, -0.05) is 0 Å². The Morgan fingerprint density at radius 3 is 2.77 bits per heavy atom. The molecule has 0 radical (unpaired) electrons. The van der Waals surface area contributed by atoms with Crippen LogP contribution in [0.3, 0.4) is 0 Å². The minimum atomic E-state index is -0.527. The maximum Gasteiger partial charge on any atom is 0.407 e. The van der Waals surface area contributed by atoms with E-state index in [1.807, 2.05) is 26.8 Å². The molecule has 0 saturated heterocycles. The second-order valence-electron chi connectivity index (χ2n) is 8.34. The third-order valence-electron chi connectivity index (χ3n) is 4.68. The van der Waals surface area contributed by atoms with E-state index >= 15 is 0 Å². The fourth-order valence-corrected chi connectivity index (χ4v) is 6.00. The molecule has 1 aliphatic carbocycles. The molecule has 0 saturated carbocycles. The number of thiazole rings is 1. The molecule has 4 rings (SSSR count). The zero-order valence-corrected chi connectivity index (χ0v) is 19.0. The Labute approximate surface area is 182 Å². The van der Waals surface area contributed by atoms with Crippen molar-refractivity contribution >= 4 is 49.9 Å². The van der Waals surface area contributed by atoms with E-state index < -0.39 is 11.7 Å². The van der Waals surface area contributed by atoms with Gasteiger partial charge in [-0.25, -0.2) is 9.78 Å². The average molecular weight is 445 g/mol. The van der Waals surface area contributed by atoms with Crippen LogP contribution in [-0.2, 0) is 22.4 Å². The summed E-state index contributed by atoms with van der Waals surface area (Å²) in [5.41, 5.74) is 2.53. The van der Waals surface area contributed by atoms with Crippen molar-refractivity contribution in [3.63, 3.8) is 0 Å². The van der Waals surface area contributed by atoms with Crippen LogP contribution >= 0.6 is 22.7 Å². The van der Waals surface area contributed by atoms with Crippen LogP contribution < -0.4 is 10.6 Å². The summed E-state index contributed by atoms with van der Waals surface area (Å²) in [7, 11) is 0. The van der Waals surface area contributed by atoms with Gasteiger partial charge < -0.3 is 15.4 Å². The molecule has 0 fully saturated rings. The summed E-state index contributed by atoms with van der Waals surface area (Å²) in [5, 5.41) is 7.67. The molecular formula is C21H24N4O3S2. The van der Waals surface area contributed by atoms with Gasteiger partial charge in [0.1, 0.15) is 21.1 Å². The van der Waals surface area contributed by atoms with Crippen LogP contribution in [0.1, 0.15) is 44.6 Å². The standard InChI is InChI=1S/C21H24N4O3S2/c1-11(26)23-18-17(19-25-14-10-22-8-7-15(14)29-19)13-6-5-12(9-16(13)30-18)24-20(27)28-21(2,3)4/h7-8,10,12H,5-6,9H2,1-4H3,(H,23,26)(H,24,27). The molecule has 0 aliphatic heterocycles. The lowest BCUT2D eigenvalue weighted by atomic mass is 9.92. The van der Waals surface area contributed by atoms with Gasteiger partial charge in [0, 0.05) is 36.0 Å². The second-order valence-corrected chi connectivity index (χ2v) is 10.5. The van der Waals surface area contributed by atoms with Gasteiger partial charge in [0.25, 0.3) is 0 Å². The smallest absolute Gasteiger partial charge is 0.407 e. The van der Waals surface area contributed by atoms with Crippen LogP contribution in [0, 0.1) is 0 Å². The molecule has 2 amide bonds. The Bertz CT molecular complexity index is 1080. The van der Waals surface area contributed by atoms with E-state index in [4.69, 9.17) is 9.72 Å². The predicted molar refractivity (Wildman–Crippen MR) is 120 cm³/mol. The number of hydrogen-bond donors (Lipinski definition) is 2. The molecule has 0 spiro atoms. The fourth-order valence-electron chi connectivity index (χ4n) is 3.54. The van der Waals surface area contributed by atoms with E-state index in [1.165, 1.54) is 17.4 Å². The zero-order valence-electron chi connectivity index (χ0n) is 17.4. The van der Waals surface area contributed by atoms with Gasteiger partial charge in [-0.15, -0.1) is 22.7 Å². The Hall–Kier alpha value is -2.52. The highest BCUT2D eigenvalue weighted by molar-refractivity contribution is 7.22. The number of ether oxygens (including phenoxy) is 1. The topological polar surface area (TPSA) is 93.2 Å². The molecule has 0 aromatic carbocycles. The molecular weight excluding hydrogens is 420 g/mol. The van der Waals surface area contributed by atoms with E-state index in [0.717, 1.165) is 38.6 Å². The molecule has 2 N–H and O–H groups in total. The average Bonchev–Trinajstić information content (AvgIpc) is 3.19. The van der Waals surface area contributed by atoms with E-state index in [-0.39, 0.29) is 11.9 Å². The Kier molecular flexibility index (Phi) is 5.50. The fraction of sp³-hybridized carbons (Fsp3) is 0.429. The molecule has 158 valence electrons. The first-order valence-electron chi connectivity index (χ1n) is 9.82. The number of fused-ring (bicyclic) bond motifs is 2. The maximum atomic E-state index is 12.2. The molecule has 7 nitrogen and oxygen atoms in total. The van der Waals surface area contributed by atoms with Gasteiger partial charge in [-0.3, -0.25) is 9.78 Å². The third-order valence-corrected chi connectivity index (χ3v) is 6.90. The van der Waals surface area contributed by atoms with Gasteiger partial charge in [0.05, 0.1) is 10.9 Å². The summed E-state index contributed by atoms with van der Waals surface area (Å²) in [6.07, 6.45) is 5.44. The summed E-state index contributed by atoms with van der Waals surface area (Å²) in [5.74, 6) is -0.110. The highest BCUT2D eigenvalue weighted by atomic mass is 32.1. The summed E-state index contributed by atoms with van der Waals surface area (Å²) in [6, 6.07) is 1.96. The molecule has 1 unspecified atom stereocenters. The molecule has 1 atom stereocenters. The molecule has 1 aliphatic rings. The van der Waals surface area contributed by atoms with Gasteiger partial charge in [0.2, 0.25) is 5.91 Å². The number of nitrogens with zero attached hydrogens (tertiary/aromatic N) is 2. The number of hydrogen-bond acceptors (Lipinski definition) is 7. The lowest BCUT2D eigenvalue weighted by Crippen LogP contribution is -2.41. The van der Waals surface area contributed by atoms with Crippen molar-refractivity contribution < 1.29 is 14.3 Å². The highest BCUT2D eigenvalue weighted by Crippen LogP contribution is 2.46. The quantitative estimate of drug-likeness (QED) is 0.607. The molecule has 0 bridgehead atoms. The van der Waals surface area contributed by atoms with E-state index in [1.54, 1.807) is 35.1 Å². The van der Waals surface area contributed by atoms with Gasteiger partial charge in [-0.05, 0) is 45.2 Å². The third kappa shape index (κ3) is 4.46. The highest BCUT2D eigenvalue weighted by Gasteiger charge is 2.30. The molecule has 3 heterocycles. The minimum Gasteiger partial charge on any atom is -0.444 e. The van der Waals surface area contributed by atoms with Crippen molar-refractivity contribution in [2.75, 3.05) is 5.32 Å². The number of thiophene rings is 1. The first kappa shape index (κ1) is 20.7. The minimum absolute atomic E-state index is 0.00333. The van der Waals surface area contributed by atoms with E-state index in [9.17, 15) is 9.59 Å². The predicted octanol–water partition coefficient (Wildman–Crippen LogP) is 4.76. The number of amides is 2. The first-order chi connectivity index (χ1) is 14.2. The molecule has 9 heteroatoms. The monoisotopic (exact) mass is 444 g/mol. The van der Waals surface area contributed by atoms with Crippen LogP contribution in [0.2, 0.25) is 0 Å². The number of alkyl carbamates (subject to hydrolysis) is 1. The lowest BCUT2D eigenvalue weighted by Gasteiger charge is -2.26. The van der Waals surface area contributed by atoms with E-state index in [0.29, 0.717) is 6.42 Å². The van der Waals surface area contributed by atoms with Crippen molar-refractivity contribution in [3.05, 3.63) is 28.9 Å². The summed E-state index contributed by atoms with van der Waals surface area (Å²) in [6.45, 7) is 7.07. The van der Waals surface area contributed by atoms with Gasteiger partial charge >= 0.3 is 6.09 Å². The number of aromatic nitrogens is 2. The number of anilines is 1. The van der Waals surface area contributed by atoms with Crippen LogP contribution in [-0.4, -0.2) is 33.6 Å². The van der Waals surface area contributed by atoms with Gasteiger partial charge in [-0.2, -0.15) is 0 Å². The second kappa shape index (κ2) is 7.96. The number of nitrogens with one attached hydrogen (secondary N) is 2. The lowest BCUT2D eigenvalue weighted by molar-refractivity contribution is -0.114. The maximum absolute atomic E-state index is 12.2. The van der Waals surface area contributed by atoms with Crippen LogP contribution in [0.25, 0.3) is 20.8 Å². The number of carbonyl (C=O) groups is 2. The zero-order chi connectivity index (χ0) is 21.5. The van der Waals surface area contributed by atoms with Crippen LogP contribution in [0.5, 0.6) is 0 Å². The SMILES string of the molecule is CC(=O)Nc1sc2c(c1-c1nc3cnccc3s1)CCC(NC(=O)OC(C)(C)C)C2. The summed E-state index contributed by atoms with van der Waals surface area (Å²) >= 11 is 3.17. The molecule has 3 aromatic heterocycles. The van der Waals surface area contributed by atoms with Gasteiger partial charge in [0.15, 0.2) is 0 Å².